The van der Waals surface area contributed by atoms with Gasteiger partial charge in [-0.15, -0.1) is 11.6 Å². The van der Waals surface area contributed by atoms with Crippen LogP contribution in [0.4, 0.5) is 0 Å². The summed E-state index contributed by atoms with van der Waals surface area (Å²) in [5.74, 6) is 0.00630. The van der Waals surface area contributed by atoms with Crippen molar-refractivity contribution in [3.63, 3.8) is 0 Å². The number of alkyl halides is 1. The molecule has 0 aliphatic heterocycles. The molecule has 0 radical (unpaired) electrons. The second kappa shape index (κ2) is 3.71. The minimum atomic E-state index is -0.953. The smallest absolute Gasteiger partial charge is 0.109 e. The Morgan fingerprint density at radius 3 is 2.82 bits per heavy atom. The van der Waals surface area contributed by atoms with Crippen molar-refractivity contribution >= 4 is 11.6 Å². The number of aromatic amines is 1. The zero-order valence-electron chi connectivity index (χ0n) is 5.74. The van der Waals surface area contributed by atoms with Gasteiger partial charge in [0.2, 0.25) is 0 Å². The van der Waals surface area contributed by atoms with Crippen molar-refractivity contribution < 1.29 is 10.2 Å². The van der Waals surface area contributed by atoms with Crippen LogP contribution >= 0.6 is 11.6 Å². The van der Waals surface area contributed by atoms with Crippen LogP contribution in [0.3, 0.4) is 0 Å². The van der Waals surface area contributed by atoms with Crippen LogP contribution in [-0.2, 0) is 0 Å². The van der Waals surface area contributed by atoms with Gasteiger partial charge >= 0.3 is 0 Å². The lowest BCUT2D eigenvalue weighted by Crippen LogP contribution is -2.19. The third-order valence-corrected chi connectivity index (χ3v) is 1.70. The second-order valence-electron chi connectivity index (χ2n) is 2.20. The lowest BCUT2D eigenvalue weighted by atomic mass is 10.1. The molecule has 5 heteroatoms. The number of aromatic nitrogens is 2. The minimum absolute atomic E-state index is 0.00630. The highest BCUT2D eigenvalue weighted by atomic mass is 35.5. The van der Waals surface area contributed by atoms with E-state index < -0.39 is 12.2 Å². The molecule has 3 N–H and O–H groups in total. The van der Waals surface area contributed by atoms with Gasteiger partial charge in [-0.3, -0.25) is 5.10 Å². The minimum Gasteiger partial charge on any atom is -0.389 e. The summed E-state index contributed by atoms with van der Waals surface area (Å²) in [6.45, 7) is 0. The number of aliphatic hydroxyl groups excluding tert-OH is 2. The zero-order valence-corrected chi connectivity index (χ0v) is 6.49. The molecule has 4 nitrogen and oxygen atoms in total. The number of H-pyrrole nitrogens is 1. The summed E-state index contributed by atoms with van der Waals surface area (Å²) in [5.41, 5.74) is 0.540. The number of nitrogens with one attached hydrogen (secondary N) is 1. The lowest BCUT2D eigenvalue weighted by Gasteiger charge is -2.12. The van der Waals surface area contributed by atoms with Crippen LogP contribution < -0.4 is 0 Å². The van der Waals surface area contributed by atoms with E-state index >= 15 is 0 Å². The van der Waals surface area contributed by atoms with E-state index in [4.69, 9.17) is 16.7 Å². The molecule has 1 heterocycles. The van der Waals surface area contributed by atoms with Gasteiger partial charge in [-0.1, -0.05) is 0 Å². The molecule has 0 aliphatic carbocycles. The average Bonchev–Trinajstić information content (AvgIpc) is 2.53. The Kier molecular flexibility index (Phi) is 2.87. The van der Waals surface area contributed by atoms with Gasteiger partial charge in [0.1, 0.15) is 6.10 Å². The van der Waals surface area contributed by atoms with Crippen molar-refractivity contribution in [1.82, 2.24) is 10.2 Å². The Balaban J connectivity index is 2.62. The first-order valence-corrected chi connectivity index (χ1v) is 3.70. The lowest BCUT2D eigenvalue weighted by molar-refractivity contribution is 0.0327. The van der Waals surface area contributed by atoms with Gasteiger partial charge < -0.3 is 10.2 Å². The predicted molar refractivity (Wildman–Crippen MR) is 40.3 cm³/mol. The molecule has 0 fully saturated rings. The van der Waals surface area contributed by atoms with Gasteiger partial charge in [0.05, 0.1) is 18.2 Å². The molecule has 0 bridgehead atoms. The Morgan fingerprint density at radius 2 is 2.36 bits per heavy atom. The van der Waals surface area contributed by atoms with Crippen molar-refractivity contribution in [2.45, 2.75) is 12.2 Å². The highest BCUT2D eigenvalue weighted by Crippen LogP contribution is 2.15. The van der Waals surface area contributed by atoms with E-state index in [2.05, 4.69) is 10.2 Å². The van der Waals surface area contributed by atoms with E-state index in [1.54, 1.807) is 0 Å². The first-order valence-electron chi connectivity index (χ1n) is 3.16. The Bertz CT molecular complexity index is 202. The van der Waals surface area contributed by atoms with Gasteiger partial charge in [-0.05, 0) is 0 Å². The number of nitrogens with zero attached hydrogens (tertiary/aromatic N) is 1. The van der Waals surface area contributed by atoms with Gasteiger partial charge in [-0.2, -0.15) is 5.10 Å². The van der Waals surface area contributed by atoms with Crippen molar-refractivity contribution in [2.24, 2.45) is 0 Å². The van der Waals surface area contributed by atoms with E-state index in [9.17, 15) is 5.11 Å². The van der Waals surface area contributed by atoms with Gasteiger partial charge in [0, 0.05) is 11.8 Å². The fourth-order valence-electron chi connectivity index (χ4n) is 0.729. The van der Waals surface area contributed by atoms with Crippen LogP contribution in [0, 0.1) is 0 Å². The monoisotopic (exact) mass is 176 g/mol. The summed E-state index contributed by atoms with van der Waals surface area (Å²) in [7, 11) is 0. The maximum atomic E-state index is 9.28. The zero-order chi connectivity index (χ0) is 8.27. The molecule has 2 atom stereocenters. The summed E-state index contributed by atoms with van der Waals surface area (Å²) < 4.78 is 0. The number of aliphatic hydroxyl groups is 2. The van der Waals surface area contributed by atoms with Crippen LogP contribution in [0.1, 0.15) is 11.7 Å². The molecule has 0 saturated carbocycles. The third-order valence-electron chi connectivity index (χ3n) is 1.38. The normalized spacial score (nSPS) is 16.3. The maximum Gasteiger partial charge on any atom is 0.109 e. The molecule has 0 saturated heterocycles. The quantitative estimate of drug-likeness (QED) is 0.570. The van der Waals surface area contributed by atoms with E-state index in [0.717, 1.165) is 0 Å². The van der Waals surface area contributed by atoms with E-state index in [1.165, 1.54) is 12.4 Å². The van der Waals surface area contributed by atoms with Crippen LogP contribution in [-0.4, -0.2) is 32.4 Å². The average molecular weight is 177 g/mol. The molecule has 2 unspecified atom stereocenters. The first-order chi connectivity index (χ1) is 5.25. The van der Waals surface area contributed by atoms with Crippen LogP contribution in [0.25, 0.3) is 0 Å². The summed E-state index contributed by atoms with van der Waals surface area (Å²) in [5, 5.41) is 24.5. The molecule has 1 aromatic rings. The summed E-state index contributed by atoms with van der Waals surface area (Å²) in [6.07, 6.45) is 1.07. The van der Waals surface area contributed by atoms with Gasteiger partial charge in [0.25, 0.3) is 0 Å². The van der Waals surface area contributed by atoms with E-state index in [0.29, 0.717) is 5.56 Å². The summed E-state index contributed by atoms with van der Waals surface area (Å²) >= 11 is 5.32. The van der Waals surface area contributed by atoms with Crippen molar-refractivity contribution in [2.75, 3.05) is 5.88 Å². The third kappa shape index (κ3) is 1.92. The maximum absolute atomic E-state index is 9.28. The SMILES string of the molecule is OC(CCl)C(O)c1cn[nH]c1. The summed E-state index contributed by atoms with van der Waals surface area (Å²) in [4.78, 5) is 0. The van der Waals surface area contributed by atoms with Crippen molar-refractivity contribution in [1.29, 1.82) is 0 Å². The molecular formula is C6H9ClN2O2. The topological polar surface area (TPSA) is 69.1 Å². The number of halogens is 1. The molecule has 62 valence electrons. The van der Waals surface area contributed by atoms with Crippen molar-refractivity contribution in [3.05, 3.63) is 18.0 Å². The molecule has 11 heavy (non-hydrogen) atoms. The number of hydrogen-bond acceptors (Lipinski definition) is 3. The van der Waals surface area contributed by atoms with Crippen molar-refractivity contribution in [3.8, 4) is 0 Å². The van der Waals surface area contributed by atoms with Crippen LogP contribution in [0.15, 0.2) is 12.4 Å². The molecule has 0 aromatic carbocycles. The second-order valence-corrected chi connectivity index (χ2v) is 2.51. The van der Waals surface area contributed by atoms with Crippen LogP contribution in [0.5, 0.6) is 0 Å². The Morgan fingerprint density at radius 1 is 1.64 bits per heavy atom. The first kappa shape index (κ1) is 8.52. The molecule has 0 aliphatic rings. The van der Waals surface area contributed by atoms with E-state index in [-0.39, 0.29) is 5.88 Å². The molecule has 0 spiro atoms. The highest BCUT2D eigenvalue weighted by Gasteiger charge is 2.17. The van der Waals surface area contributed by atoms with Gasteiger partial charge in [-0.25, -0.2) is 0 Å². The molecular weight excluding hydrogens is 168 g/mol. The Labute approximate surface area is 68.8 Å². The fourth-order valence-corrected chi connectivity index (χ4v) is 0.898. The largest absolute Gasteiger partial charge is 0.389 e. The number of hydrogen-bond donors (Lipinski definition) is 3. The highest BCUT2D eigenvalue weighted by molar-refractivity contribution is 6.18. The number of rotatable bonds is 3. The van der Waals surface area contributed by atoms with E-state index in [1.807, 2.05) is 0 Å². The predicted octanol–water partition coefficient (Wildman–Crippen LogP) is 0.0428. The van der Waals surface area contributed by atoms with Gasteiger partial charge in [0.15, 0.2) is 0 Å². The molecule has 1 rings (SSSR count). The van der Waals surface area contributed by atoms with Crippen LogP contribution in [0.2, 0.25) is 0 Å². The standard InChI is InChI=1S/C6H9ClN2O2/c7-1-5(10)6(11)4-2-8-9-3-4/h2-3,5-6,10-11H,1H2,(H,8,9). The Hall–Kier alpha value is -0.580. The summed E-state index contributed by atoms with van der Waals surface area (Å²) in [6, 6.07) is 0. The molecule has 0 amide bonds. The fraction of sp³-hybridized carbons (Fsp3) is 0.500. The molecule has 1 aromatic heterocycles.